The van der Waals surface area contributed by atoms with E-state index in [-0.39, 0.29) is 29.4 Å². The third kappa shape index (κ3) is 9.36. The summed E-state index contributed by atoms with van der Waals surface area (Å²) in [6.07, 6.45) is 3.97. The van der Waals surface area contributed by atoms with Gasteiger partial charge in [-0.15, -0.1) is 0 Å². The molecule has 194 valence electrons. The first-order valence-electron chi connectivity index (χ1n) is 11.9. The quantitative estimate of drug-likeness (QED) is 0.271. The first-order chi connectivity index (χ1) is 16.6. The van der Waals surface area contributed by atoms with Gasteiger partial charge < -0.3 is 4.74 Å². The molecule has 0 aliphatic heterocycles. The van der Waals surface area contributed by atoms with Crippen molar-refractivity contribution in [3.63, 3.8) is 0 Å². The Labute approximate surface area is 209 Å². The predicted octanol–water partition coefficient (Wildman–Crippen LogP) is 3.70. The molecular weight excluding hydrogens is 488 g/mol. The van der Waals surface area contributed by atoms with E-state index in [1.165, 1.54) is 12.1 Å². The molecule has 0 fully saturated rings. The molecule has 0 saturated carbocycles. The summed E-state index contributed by atoms with van der Waals surface area (Å²) in [5.41, 5.74) is 2.02. The minimum Gasteiger partial charge on any atom is -0.465 e. The molecule has 0 radical (unpaired) electrons. The highest BCUT2D eigenvalue weighted by Crippen LogP contribution is 2.15. The Balaban J connectivity index is 1.95. The first-order valence-corrected chi connectivity index (χ1v) is 14.9. The molecule has 35 heavy (non-hydrogen) atoms. The van der Waals surface area contributed by atoms with E-state index in [1.807, 2.05) is 6.92 Å². The summed E-state index contributed by atoms with van der Waals surface area (Å²) in [6.45, 7) is 5.91. The number of benzene rings is 2. The van der Waals surface area contributed by atoms with Crippen molar-refractivity contribution in [1.29, 1.82) is 0 Å². The van der Waals surface area contributed by atoms with E-state index in [1.54, 1.807) is 43.3 Å². The number of hydrogen-bond donors (Lipinski definition) is 2. The van der Waals surface area contributed by atoms with Crippen LogP contribution in [-0.4, -0.2) is 42.0 Å². The lowest BCUT2D eigenvalue weighted by Crippen LogP contribution is -2.41. The highest BCUT2D eigenvalue weighted by molar-refractivity contribution is 7.89. The molecule has 0 bridgehead atoms. The minimum atomic E-state index is -3.93. The van der Waals surface area contributed by atoms with Gasteiger partial charge in [0.1, 0.15) is 6.04 Å². The lowest BCUT2D eigenvalue weighted by atomic mass is 10.1. The van der Waals surface area contributed by atoms with Crippen LogP contribution in [0.4, 0.5) is 0 Å². The van der Waals surface area contributed by atoms with E-state index in [4.69, 9.17) is 4.74 Å². The van der Waals surface area contributed by atoms with Crippen LogP contribution in [0.25, 0.3) is 0 Å². The van der Waals surface area contributed by atoms with Gasteiger partial charge in [0.2, 0.25) is 20.0 Å². The second-order valence-corrected chi connectivity index (χ2v) is 11.9. The first kappa shape index (κ1) is 29.0. The molecule has 0 amide bonds. The van der Waals surface area contributed by atoms with Gasteiger partial charge in [0.25, 0.3) is 0 Å². The lowest BCUT2D eigenvalue weighted by Gasteiger charge is -2.17. The fourth-order valence-electron chi connectivity index (χ4n) is 3.42. The molecule has 10 heteroatoms. The van der Waals surface area contributed by atoms with Gasteiger partial charge in [0.05, 0.1) is 16.4 Å². The van der Waals surface area contributed by atoms with Gasteiger partial charge in [-0.3, -0.25) is 4.79 Å². The standard InChI is InChI=1S/C25H36N2O6S2/c1-4-6-9-21-13-17-23(18-14-21)35(31,32)27-24(25(28)33-5-2)10-7-8-19-26-34(29,30)22-15-11-20(3)12-16-22/h11-18,24,26-27H,4-10,19H2,1-3H3. The van der Waals surface area contributed by atoms with Crippen LogP contribution in [-0.2, 0) is 36.0 Å². The fourth-order valence-corrected chi connectivity index (χ4v) is 5.71. The van der Waals surface area contributed by atoms with Crippen molar-refractivity contribution < 1.29 is 26.4 Å². The zero-order chi connectivity index (χ0) is 25.9. The van der Waals surface area contributed by atoms with Crippen molar-refractivity contribution in [2.75, 3.05) is 13.2 Å². The summed E-state index contributed by atoms with van der Waals surface area (Å²) in [5.74, 6) is -0.657. The van der Waals surface area contributed by atoms with E-state index in [0.717, 1.165) is 30.4 Å². The Hall–Kier alpha value is -2.27. The van der Waals surface area contributed by atoms with Gasteiger partial charge in [-0.25, -0.2) is 21.6 Å². The number of hydrogen-bond acceptors (Lipinski definition) is 6. The molecule has 0 aliphatic carbocycles. The molecule has 0 aliphatic rings. The van der Waals surface area contributed by atoms with Crippen LogP contribution in [0.2, 0.25) is 0 Å². The summed E-state index contributed by atoms with van der Waals surface area (Å²) >= 11 is 0. The summed E-state index contributed by atoms with van der Waals surface area (Å²) in [4.78, 5) is 12.7. The minimum absolute atomic E-state index is 0.0814. The summed E-state index contributed by atoms with van der Waals surface area (Å²) in [7, 11) is -7.56. The van der Waals surface area contributed by atoms with E-state index >= 15 is 0 Å². The third-order valence-corrected chi connectivity index (χ3v) is 8.43. The van der Waals surface area contributed by atoms with Crippen molar-refractivity contribution in [3.05, 3.63) is 59.7 Å². The zero-order valence-corrected chi connectivity index (χ0v) is 22.3. The summed E-state index contributed by atoms with van der Waals surface area (Å²) in [5, 5.41) is 0. The fraction of sp³-hybridized carbons (Fsp3) is 0.480. The SMILES string of the molecule is CCCCc1ccc(S(=O)(=O)NC(CCCCNS(=O)(=O)c2ccc(C)cc2)C(=O)OCC)cc1. The van der Waals surface area contributed by atoms with Gasteiger partial charge in [-0.2, -0.15) is 4.72 Å². The Morgan fingerprint density at radius 3 is 2.06 bits per heavy atom. The maximum atomic E-state index is 12.9. The summed E-state index contributed by atoms with van der Waals surface area (Å²) < 4.78 is 60.5. The van der Waals surface area contributed by atoms with Gasteiger partial charge >= 0.3 is 5.97 Å². The number of carbonyl (C=O) groups is 1. The second-order valence-electron chi connectivity index (χ2n) is 8.38. The van der Waals surface area contributed by atoms with Gasteiger partial charge in [-0.1, -0.05) is 43.2 Å². The van der Waals surface area contributed by atoms with Crippen molar-refractivity contribution in [2.24, 2.45) is 0 Å². The maximum absolute atomic E-state index is 12.9. The normalized spacial score (nSPS) is 12.9. The Bertz CT molecular complexity index is 1150. The molecule has 1 unspecified atom stereocenters. The number of rotatable bonds is 15. The number of nitrogens with one attached hydrogen (secondary N) is 2. The molecule has 2 rings (SSSR count). The molecule has 8 nitrogen and oxygen atoms in total. The van der Waals surface area contributed by atoms with Gasteiger partial charge in [-0.05, 0) is 75.8 Å². The van der Waals surface area contributed by atoms with Crippen LogP contribution < -0.4 is 9.44 Å². The van der Waals surface area contributed by atoms with Crippen LogP contribution in [0.15, 0.2) is 58.3 Å². The van der Waals surface area contributed by atoms with Crippen molar-refractivity contribution in [2.45, 2.75) is 75.1 Å². The number of sulfonamides is 2. The molecular formula is C25H36N2O6S2. The monoisotopic (exact) mass is 524 g/mol. The van der Waals surface area contributed by atoms with Crippen LogP contribution in [0.1, 0.15) is 57.1 Å². The average molecular weight is 525 g/mol. The number of esters is 1. The number of carbonyl (C=O) groups excluding carboxylic acids is 1. The van der Waals surface area contributed by atoms with Crippen LogP contribution in [0, 0.1) is 6.92 Å². The number of unbranched alkanes of at least 4 members (excludes halogenated alkanes) is 2. The van der Waals surface area contributed by atoms with Crippen LogP contribution >= 0.6 is 0 Å². The van der Waals surface area contributed by atoms with Gasteiger partial charge in [0.15, 0.2) is 0 Å². The van der Waals surface area contributed by atoms with Crippen molar-refractivity contribution in [3.8, 4) is 0 Å². The topological polar surface area (TPSA) is 119 Å². The molecule has 0 aromatic heterocycles. The van der Waals surface area contributed by atoms with Crippen LogP contribution in [0.3, 0.4) is 0 Å². The molecule has 2 N–H and O–H groups in total. The smallest absolute Gasteiger partial charge is 0.324 e. The Morgan fingerprint density at radius 1 is 0.857 bits per heavy atom. The molecule has 2 aromatic rings. The molecule has 0 saturated heterocycles. The zero-order valence-electron chi connectivity index (χ0n) is 20.6. The molecule has 0 heterocycles. The molecule has 1 atom stereocenters. The molecule has 2 aromatic carbocycles. The van der Waals surface area contributed by atoms with E-state index in [0.29, 0.717) is 12.8 Å². The second kappa shape index (κ2) is 13.7. The highest BCUT2D eigenvalue weighted by atomic mass is 32.2. The number of ether oxygens (including phenoxy) is 1. The summed E-state index contributed by atoms with van der Waals surface area (Å²) in [6, 6.07) is 12.1. The van der Waals surface area contributed by atoms with Crippen LogP contribution in [0.5, 0.6) is 0 Å². The third-order valence-electron chi connectivity index (χ3n) is 5.46. The van der Waals surface area contributed by atoms with Crippen molar-refractivity contribution in [1.82, 2.24) is 9.44 Å². The van der Waals surface area contributed by atoms with E-state index in [9.17, 15) is 21.6 Å². The largest absolute Gasteiger partial charge is 0.465 e. The Kier molecular flexibility index (Phi) is 11.4. The van der Waals surface area contributed by atoms with Crippen molar-refractivity contribution >= 4 is 26.0 Å². The predicted molar refractivity (Wildman–Crippen MR) is 136 cm³/mol. The van der Waals surface area contributed by atoms with E-state index < -0.39 is 32.1 Å². The lowest BCUT2D eigenvalue weighted by molar-refractivity contribution is -0.145. The Morgan fingerprint density at radius 2 is 1.46 bits per heavy atom. The molecule has 0 spiro atoms. The van der Waals surface area contributed by atoms with E-state index in [2.05, 4.69) is 16.4 Å². The maximum Gasteiger partial charge on any atom is 0.324 e. The van der Waals surface area contributed by atoms with Gasteiger partial charge in [0, 0.05) is 6.54 Å². The average Bonchev–Trinajstić information content (AvgIpc) is 2.82. The highest BCUT2D eigenvalue weighted by Gasteiger charge is 2.26. The number of aryl methyl sites for hydroxylation is 2.